The number of likely N-dealkylation sites (N-methyl/N-ethyl adjacent to an activating group) is 2. The Balaban J connectivity index is 2.81. The molecule has 0 aromatic carbocycles. The molecule has 88 valence electrons. The quantitative estimate of drug-likeness (QED) is 0.756. The van der Waals surface area contributed by atoms with Crippen LogP contribution >= 0.6 is 22.6 Å². The van der Waals surface area contributed by atoms with E-state index in [0.717, 1.165) is 0 Å². The maximum absolute atomic E-state index is 11.4. The largest absolute Gasteiger partial charge is 0.355 e. The minimum Gasteiger partial charge on any atom is -0.355 e. The summed E-state index contributed by atoms with van der Waals surface area (Å²) < 4.78 is 0.479. The van der Waals surface area contributed by atoms with Crippen LogP contribution < -0.4 is 15.8 Å². The van der Waals surface area contributed by atoms with Gasteiger partial charge in [0.2, 0.25) is 5.91 Å². The molecule has 0 atom stereocenters. The van der Waals surface area contributed by atoms with Gasteiger partial charge in [0.25, 0.3) is 5.56 Å². The summed E-state index contributed by atoms with van der Waals surface area (Å²) >= 11 is 1.91. The molecule has 1 amide bonds. The van der Waals surface area contributed by atoms with E-state index in [1.807, 2.05) is 29.5 Å². The molecule has 7 heteroatoms. The van der Waals surface area contributed by atoms with Crippen LogP contribution in [0.5, 0.6) is 0 Å². The highest BCUT2D eigenvalue weighted by Crippen LogP contribution is 2.12. The molecule has 0 aliphatic heterocycles. The van der Waals surface area contributed by atoms with E-state index in [-0.39, 0.29) is 18.0 Å². The van der Waals surface area contributed by atoms with Crippen molar-refractivity contribution in [3.05, 3.63) is 20.3 Å². The second-order valence-electron chi connectivity index (χ2n) is 3.18. The molecule has 0 spiro atoms. The van der Waals surface area contributed by atoms with Gasteiger partial charge in [-0.3, -0.25) is 9.59 Å². The first-order chi connectivity index (χ1) is 7.56. The van der Waals surface area contributed by atoms with E-state index < -0.39 is 0 Å². The summed E-state index contributed by atoms with van der Waals surface area (Å²) in [7, 11) is 1.72. The predicted molar refractivity (Wildman–Crippen MR) is 69.5 cm³/mol. The number of hydrogen-bond donors (Lipinski definition) is 2. The van der Waals surface area contributed by atoms with Crippen LogP contribution in [0.3, 0.4) is 0 Å². The number of nitrogens with zero attached hydrogens (tertiary/aromatic N) is 2. The molecular formula is C9H13IN4O2. The van der Waals surface area contributed by atoms with E-state index >= 15 is 0 Å². The first-order valence-electron chi connectivity index (χ1n) is 4.77. The number of anilines is 1. The average Bonchev–Trinajstić information content (AvgIpc) is 2.22. The standard InChI is InChI=1S/C9H13IN4O2/c1-3-11-6(15)4-14(2)8-7(10)9(16)13-5-12-8/h5H,3-4H2,1-2H3,(H,11,15)(H,12,13,16). The molecule has 0 aliphatic carbocycles. The van der Waals surface area contributed by atoms with Crippen LogP contribution in [0.15, 0.2) is 11.1 Å². The van der Waals surface area contributed by atoms with Gasteiger partial charge in [0.05, 0.1) is 12.9 Å². The third-order valence-electron chi connectivity index (χ3n) is 1.89. The van der Waals surface area contributed by atoms with Crippen molar-refractivity contribution in [1.29, 1.82) is 0 Å². The zero-order valence-corrected chi connectivity index (χ0v) is 11.2. The van der Waals surface area contributed by atoms with E-state index in [4.69, 9.17) is 0 Å². The molecule has 0 bridgehead atoms. The number of H-pyrrole nitrogens is 1. The number of nitrogens with one attached hydrogen (secondary N) is 2. The molecule has 1 aromatic rings. The maximum atomic E-state index is 11.4. The second-order valence-corrected chi connectivity index (χ2v) is 4.26. The first kappa shape index (κ1) is 12.9. The Morgan fingerprint density at radius 1 is 1.69 bits per heavy atom. The van der Waals surface area contributed by atoms with E-state index in [0.29, 0.717) is 15.9 Å². The topological polar surface area (TPSA) is 78.1 Å². The minimum absolute atomic E-state index is 0.0946. The van der Waals surface area contributed by atoms with Gasteiger partial charge in [-0.2, -0.15) is 0 Å². The fraction of sp³-hybridized carbons (Fsp3) is 0.444. The Morgan fingerprint density at radius 3 is 3.00 bits per heavy atom. The number of rotatable bonds is 4. The lowest BCUT2D eigenvalue weighted by atomic mass is 10.4. The van der Waals surface area contributed by atoms with Crippen molar-refractivity contribution in [2.75, 3.05) is 25.0 Å². The summed E-state index contributed by atoms with van der Waals surface area (Å²) in [5, 5.41) is 2.68. The summed E-state index contributed by atoms with van der Waals surface area (Å²) in [5.41, 5.74) is -0.201. The van der Waals surface area contributed by atoms with Gasteiger partial charge in [-0.05, 0) is 29.5 Å². The lowest BCUT2D eigenvalue weighted by molar-refractivity contribution is -0.119. The molecule has 0 fully saturated rings. The normalized spacial score (nSPS) is 9.94. The number of halogens is 1. The first-order valence-corrected chi connectivity index (χ1v) is 5.85. The van der Waals surface area contributed by atoms with E-state index in [2.05, 4.69) is 15.3 Å². The van der Waals surface area contributed by atoms with Crippen molar-refractivity contribution >= 4 is 34.3 Å². The van der Waals surface area contributed by atoms with Crippen molar-refractivity contribution in [2.24, 2.45) is 0 Å². The van der Waals surface area contributed by atoms with Gasteiger partial charge < -0.3 is 15.2 Å². The fourth-order valence-corrected chi connectivity index (χ4v) is 1.89. The van der Waals surface area contributed by atoms with Crippen LogP contribution in [0.4, 0.5) is 5.82 Å². The zero-order valence-electron chi connectivity index (χ0n) is 9.08. The summed E-state index contributed by atoms with van der Waals surface area (Å²) in [4.78, 5) is 30.8. The highest BCUT2D eigenvalue weighted by atomic mass is 127. The predicted octanol–water partition coefficient (Wildman–Crippen LogP) is -0.0532. The van der Waals surface area contributed by atoms with E-state index in [1.165, 1.54) is 6.33 Å². The maximum Gasteiger partial charge on any atom is 0.266 e. The Labute approximate surface area is 107 Å². The molecule has 1 aromatic heterocycles. The number of hydrogen-bond acceptors (Lipinski definition) is 4. The van der Waals surface area contributed by atoms with Crippen LogP contribution in [0, 0.1) is 3.57 Å². The monoisotopic (exact) mass is 336 g/mol. The number of aromatic amines is 1. The van der Waals surface area contributed by atoms with Gasteiger partial charge in [-0.1, -0.05) is 0 Å². The molecular weight excluding hydrogens is 323 g/mol. The molecule has 0 aliphatic rings. The lowest BCUT2D eigenvalue weighted by Crippen LogP contribution is -2.36. The van der Waals surface area contributed by atoms with Gasteiger partial charge in [0.15, 0.2) is 0 Å². The molecule has 0 radical (unpaired) electrons. The minimum atomic E-state index is -0.201. The number of carbonyl (C=O) groups excluding carboxylic acids is 1. The zero-order chi connectivity index (χ0) is 12.1. The Bertz CT molecular complexity index is 432. The molecule has 1 rings (SSSR count). The number of carbonyl (C=O) groups is 1. The van der Waals surface area contributed by atoms with Gasteiger partial charge in [-0.15, -0.1) is 0 Å². The van der Waals surface area contributed by atoms with E-state index in [1.54, 1.807) is 11.9 Å². The number of amides is 1. The van der Waals surface area contributed by atoms with E-state index in [9.17, 15) is 9.59 Å². The molecule has 0 unspecified atom stereocenters. The van der Waals surface area contributed by atoms with Crippen molar-refractivity contribution in [3.63, 3.8) is 0 Å². The van der Waals surface area contributed by atoms with Crippen molar-refractivity contribution in [2.45, 2.75) is 6.92 Å². The van der Waals surface area contributed by atoms with Crippen LogP contribution in [-0.2, 0) is 4.79 Å². The third-order valence-corrected chi connectivity index (χ3v) is 2.87. The molecule has 0 saturated carbocycles. The van der Waals surface area contributed by atoms with Crippen LogP contribution in [-0.4, -0.2) is 36.0 Å². The van der Waals surface area contributed by atoms with Crippen molar-refractivity contribution in [1.82, 2.24) is 15.3 Å². The molecule has 1 heterocycles. The van der Waals surface area contributed by atoms with Gasteiger partial charge >= 0.3 is 0 Å². The number of aromatic nitrogens is 2. The van der Waals surface area contributed by atoms with Crippen LogP contribution in [0.25, 0.3) is 0 Å². The van der Waals surface area contributed by atoms with Gasteiger partial charge in [0, 0.05) is 13.6 Å². The summed E-state index contributed by atoms with van der Waals surface area (Å²) in [6.45, 7) is 2.62. The highest BCUT2D eigenvalue weighted by molar-refractivity contribution is 14.1. The van der Waals surface area contributed by atoms with Crippen molar-refractivity contribution < 1.29 is 4.79 Å². The molecule has 6 nitrogen and oxygen atoms in total. The Kier molecular flexibility index (Phi) is 4.71. The average molecular weight is 336 g/mol. The molecule has 0 saturated heterocycles. The lowest BCUT2D eigenvalue weighted by Gasteiger charge is -2.17. The summed E-state index contributed by atoms with van der Waals surface area (Å²) in [6.07, 6.45) is 1.33. The van der Waals surface area contributed by atoms with Gasteiger partial charge in [0.1, 0.15) is 9.39 Å². The SMILES string of the molecule is CCNC(=O)CN(C)c1nc[nH]c(=O)c1I. The third kappa shape index (κ3) is 3.19. The highest BCUT2D eigenvalue weighted by Gasteiger charge is 2.12. The smallest absolute Gasteiger partial charge is 0.266 e. The van der Waals surface area contributed by atoms with Crippen LogP contribution in [0.1, 0.15) is 6.92 Å². The second kappa shape index (κ2) is 5.83. The van der Waals surface area contributed by atoms with Crippen molar-refractivity contribution in [3.8, 4) is 0 Å². The fourth-order valence-electron chi connectivity index (χ4n) is 1.18. The molecule has 16 heavy (non-hydrogen) atoms. The Morgan fingerprint density at radius 2 is 2.38 bits per heavy atom. The van der Waals surface area contributed by atoms with Gasteiger partial charge in [-0.25, -0.2) is 4.98 Å². The summed E-state index contributed by atoms with van der Waals surface area (Å²) in [5.74, 6) is 0.415. The Hall–Kier alpha value is -1.12. The summed E-state index contributed by atoms with van der Waals surface area (Å²) in [6, 6.07) is 0. The molecule has 2 N–H and O–H groups in total. The van der Waals surface area contributed by atoms with Crippen LogP contribution in [0.2, 0.25) is 0 Å².